The highest BCUT2D eigenvalue weighted by Crippen LogP contribution is 2.40. The van der Waals surface area contributed by atoms with Gasteiger partial charge in [-0.3, -0.25) is 9.69 Å². The molecule has 4 rings (SSSR count). The van der Waals surface area contributed by atoms with E-state index < -0.39 is 0 Å². The van der Waals surface area contributed by atoms with E-state index in [0.29, 0.717) is 48.4 Å². The van der Waals surface area contributed by atoms with E-state index >= 15 is 0 Å². The van der Waals surface area contributed by atoms with Gasteiger partial charge >= 0.3 is 0 Å². The van der Waals surface area contributed by atoms with Gasteiger partial charge in [0.25, 0.3) is 5.91 Å². The summed E-state index contributed by atoms with van der Waals surface area (Å²) in [7, 11) is 4.83. The van der Waals surface area contributed by atoms with Gasteiger partial charge < -0.3 is 28.3 Å². The second-order valence-corrected chi connectivity index (χ2v) is 7.93. The lowest BCUT2D eigenvalue weighted by Gasteiger charge is -2.34. The van der Waals surface area contributed by atoms with Gasteiger partial charge in [-0.25, -0.2) is 0 Å². The minimum Gasteiger partial charge on any atom is -0.493 e. The van der Waals surface area contributed by atoms with Crippen LogP contribution < -0.4 is 18.9 Å². The van der Waals surface area contributed by atoms with E-state index in [2.05, 4.69) is 4.90 Å². The summed E-state index contributed by atoms with van der Waals surface area (Å²) in [4.78, 5) is 17.0. The summed E-state index contributed by atoms with van der Waals surface area (Å²) < 4.78 is 27.9. The Bertz CT molecular complexity index is 1090. The fraction of sp³-hybridized carbons (Fsp3) is 0.346. The third-order valence-electron chi connectivity index (χ3n) is 5.84. The van der Waals surface area contributed by atoms with Crippen LogP contribution in [-0.2, 0) is 13.2 Å². The number of ether oxygens (including phenoxy) is 4. The molecule has 34 heavy (non-hydrogen) atoms. The molecule has 1 aliphatic heterocycles. The van der Waals surface area contributed by atoms with E-state index in [1.807, 2.05) is 47.4 Å². The number of carbonyl (C=O) groups is 1. The number of piperazine rings is 1. The van der Waals surface area contributed by atoms with Crippen LogP contribution in [0.25, 0.3) is 0 Å². The number of rotatable bonds is 9. The van der Waals surface area contributed by atoms with Crippen molar-refractivity contribution in [2.75, 3.05) is 47.5 Å². The molecule has 1 saturated heterocycles. The van der Waals surface area contributed by atoms with E-state index in [1.54, 1.807) is 33.5 Å². The van der Waals surface area contributed by atoms with E-state index in [1.165, 1.54) is 0 Å². The van der Waals surface area contributed by atoms with Gasteiger partial charge in [-0.2, -0.15) is 0 Å². The van der Waals surface area contributed by atoms with Crippen molar-refractivity contribution in [2.45, 2.75) is 13.2 Å². The summed E-state index contributed by atoms with van der Waals surface area (Å²) in [6.07, 6.45) is 0. The Morgan fingerprint density at radius 1 is 0.853 bits per heavy atom. The quantitative estimate of drug-likeness (QED) is 0.474. The topological polar surface area (TPSA) is 73.6 Å². The van der Waals surface area contributed by atoms with Gasteiger partial charge in [0.2, 0.25) is 5.75 Å². The van der Waals surface area contributed by atoms with E-state index in [-0.39, 0.29) is 12.5 Å². The summed E-state index contributed by atoms with van der Waals surface area (Å²) in [5, 5.41) is 0. The molecule has 0 aliphatic carbocycles. The van der Waals surface area contributed by atoms with Gasteiger partial charge in [0, 0.05) is 38.3 Å². The molecule has 3 aromatic rings. The van der Waals surface area contributed by atoms with Crippen LogP contribution in [0.15, 0.2) is 59.0 Å². The number of amides is 1. The standard InChI is InChI=1S/C26H30N2O6/c1-30-22-11-9-19(24(31-2)25(22)32-3)17-27-13-15-28(16-14-27)26(29)23-12-10-21(34-23)18-33-20-7-5-4-6-8-20/h4-12H,13-18H2,1-3H3. The molecule has 0 unspecified atom stereocenters. The second-order valence-electron chi connectivity index (χ2n) is 7.93. The van der Waals surface area contributed by atoms with Crippen molar-refractivity contribution >= 4 is 5.91 Å². The number of carbonyl (C=O) groups excluding carboxylic acids is 1. The monoisotopic (exact) mass is 466 g/mol. The van der Waals surface area contributed by atoms with E-state index in [0.717, 1.165) is 24.4 Å². The SMILES string of the molecule is COc1ccc(CN2CCN(C(=O)c3ccc(COc4ccccc4)o3)CC2)c(OC)c1OC. The Hall–Kier alpha value is -3.65. The van der Waals surface area contributed by atoms with Crippen molar-refractivity contribution < 1.29 is 28.2 Å². The molecule has 0 bridgehead atoms. The molecule has 1 aromatic heterocycles. The first-order valence-corrected chi connectivity index (χ1v) is 11.2. The molecule has 0 saturated carbocycles. The molecule has 1 amide bonds. The number of benzene rings is 2. The molecule has 2 aromatic carbocycles. The lowest BCUT2D eigenvalue weighted by molar-refractivity contribution is 0.0593. The molecule has 0 N–H and O–H groups in total. The maximum Gasteiger partial charge on any atom is 0.289 e. The Labute approximate surface area is 199 Å². The van der Waals surface area contributed by atoms with Crippen LogP contribution in [0, 0.1) is 0 Å². The maximum absolute atomic E-state index is 12.9. The minimum atomic E-state index is -0.102. The zero-order valence-electron chi connectivity index (χ0n) is 19.8. The molecule has 0 radical (unpaired) electrons. The third kappa shape index (κ3) is 5.28. The molecule has 0 atom stereocenters. The van der Waals surface area contributed by atoms with Gasteiger partial charge in [-0.1, -0.05) is 24.3 Å². The molecule has 2 heterocycles. The van der Waals surface area contributed by atoms with Crippen LogP contribution in [0.1, 0.15) is 21.9 Å². The van der Waals surface area contributed by atoms with Crippen molar-refractivity contribution in [3.05, 3.63) is 71.7 Å². The summed E-state index contributed by atoms with van der Waals surface area (Å²) in [6, 6.07) is 16.9. The van der Waals surface area contributed by atoms with Gasteiger partial charge in [0.1, 0.15) is 18.1 Å². The highest BCUT2D eigenvalue weighted by atomic mass is 16.5. The van der Waals surface area contributed by atoms with Gasteiger partial charge in [-0.15, -0.1) is 0 Å². The first-order chi connectivity index (χ1) is 16.6. The lowest BCUT2D eigenvalue weighted by atomic mass is 10.1. The van der Waals surface area contributed by atoms with Crippen molar-refractivity contribution in [3.63, 3.8) is 0 Å². The maximum atomic E-state index is 12.9. The van der Waals surface area contributed by atoms with E-state index in [4.69, 9.17) is 23.4 Å². The summed E-state index contributed by atoms with van der Waals surface area (Å²) in [6.45, 7) is 3.68. The van der Waals surface area contributed by atoms with Crippen molar-refractivity contribution in [1.29, 1.82) is 0 Å². The number of para-hydroxylation sites is 1. The lowest BCUT2D eigenvalue weighted by Crippen LogP contribution is -2.48. The van der Waals surface area contributed by atoms with Crippen LogP contribution in [0.2, 0.25) is 0 Å². The summed E-state index contributed by atoms with van der Waals surface area (Å²) in [5.74, 6) is 3.49. The van der Waals surface area contributed by atoms with Crippen LogP contribution in [0.4, 0.5) is 0 Å². The average molecular weight is 467 g/mol. The molecule has 1 fully saturated rings. The second kappa shape index (κ2) is 11.0. The summed E-state index contributed by atoms with van der Waals surface area (Å²) >= 11 is 0. The van der Waals surface area contributed by atoms with Crippen molar-refractivity contribution in [3.8, 4) is 23.0 Å². The van der Waals surface area contributed by atoms with Crippen LogP contribution >= 0.6 is 0 Å². The number of furan rings is 1. The molecule has 0 spiro atoms. The number of hydrogen-bond donors (Lipinski definition) is 0. The normalized spacial score (nSPS) is 14.0. The average Bonchev–Trinajstić information content (AvgIpc) is 3.37. The van der Waals surface area contributed by atoms with Crippen LogP contribution in [-0.4, -0.2) is 63.2 Å². The molecule has 180 valence electrons. The van der Waals surface area contributed by atoms with Gasteiger partial charge in [0.05, 0.1) is 21.3 Å². The minimum absolute atomic E-state index is 0.102. The highest BCUT2D eigenvalue weighted by molar-refractivity contribution is 5.91. The molecular weight excluding hydrogens is 436 g/mol. The predicted molar refractivity (Wildman–Crippen MR) is 127 cm³/mol. The van der Waals surface area contributed by atoms with Gasteiger partial charge in [0.15, 0.2) is 17.3 Å². The van der Waals surface area contributed by atoms with Gasteiger partial charge in [-0.05, 0) is 30.3 Å². The molecule has 8 nitrogen and oxygen atoms in total. The molecular formula is C26H30N2O6. The number of hydrogen-bond acceptors (Lipinski definition) is 7. The van der Waals surface area contributed by atoms with Crippen molar-refractivity contribution in [2.24, 2.45) is 0 Å². The Morgan fingerprint density at radius 2 is 1.59 bits per heavy atom. The molecule has 8 heteroatoms. The highest BCUT2D eigenvalue weighted by Gasteiger charge is 2.26. The summed E-state index contributed by atoms with van der Waals surface area (Å²) in [5.41, 5.74) is 1.01. The Kier molecular flexibility index (Phi) is 7.59. The first kappa shape index (κ1) is 23.5. The van der Waals surface area contributed by atoms with Crippen LogP contribution in [0.3, 0.4) is 0 Å². The van der Waals surface area contributed by atoms with Crippen LogP contribution in [0.5, 0.6) is 23.0 Å². The Balaban J connectivity index is 1.32. The molecule has 1 aliphatic rings. The fourth-order valence-corrected chi connectivity index (χ4v) is 4.04. The fourth-order valence-electron chi connectivity index (χ4n) is 4.04. The van der Waals surface area contributed by atoms with E-state index in [9.17, 15) is 4.79 Å². The predicted octanol–water partition coefficient (Wildman–Crippen LogP) is 3.84. The number of nitrogens with zero attached hydrogens (tertiary/aromatic N) is 2. The Morgan fingerprint density at radius 3 is 2.26 bits per heavy atom. The third-order valence-corrected chi connectivity index (χ3v) is 5.84. The first-order valence-electron chi connectivity index (χ1n) is 11.2. The zero-order valence-corrected chi connectivity index (χ0v) is 19.8. The smallest absolute Gasteiger partial charge is 0.289 e. The zero-order chi connectivity index (χ0) is 23.9. The number of methoxy groups -OCH3 is 3. The largest absolute Gasteiger partial charge is 0.493 e. The van der Waals surface area contributed by atoms with Crippen molar-refractivity contribution in [1.82, 2.24) is 9.80 Å².